The number of carbonyl (C=O) groups excluding carboxylic acids is 2. The number of aliphatic imine (C=N–C) groups is 1. The van der Waals surface area contributed by atoms with Crippen LogP contribution in [0.5, 0.6) is 0 Å². The van der Waals surface area contributed by atoms with Crippen LogP contribution < -0.4 is 0 Å². The zero-order valence-corrected chi connectivity index (χ0v) is 20.6. The molecule has 5 aliphatic rings. The molecule has 2 aromatic carbocycles. The van der Waals surface area contributed by atoms with Gasteiger partial charge in [-0.25, -0.2) is 0 Å². The van der Waals surface area contributed by atoms with E-state index in [1.165, 1.54) is 0 Å². The maximum Gasteiger partial charge on any atom is 0.255 e. The molecular formula is C28H29N5O2. The normalized spacial score (nSPS) is 22.2. The van der Waals surface area contributed by atoms with E-state index in [1.807, 2.05) is 41.6 Å². The predicted molar refractivity (Wildman–Crippen MR) is 134 cm³/mol. The molecule has 1 aromatic heterocycles. The molecule has 0 atom stereocenters. The number of rotatable bonds is 1. The number of aromatic nitrogens is 2. The summed E-state index contributed by atoms with van der Waals surface area (Å²) in [7, 11) is 1.95. The summed E-state index contributed by atoms with van der Waals surface area (Å²) in [4.78, 5) is 35.9. The molecule has 2 fully saturated rings. The van der Waals surface area contributed by atoms with Gasteiger partial charge < -0.3 is 4.90 Å². The van der Waals surface area contributed by atoms with Crippen LogP contribution >= 0.6 is 0 Å². The topological polar surface area (TPSA) is 70.8 Å². The van der Waals surface area contributed by atoms with Crippen LogP contribution in [-0.2, 0) is 22.1 Å². The number of hydrogen-bond donors (Lipinski definition) is 0. The minimum atomic E-state index is -0.771. The molecule has 0 unspecified atom stereocenters. The van der Waals surface area contributed by atoms with E-state index in [-0.39, 0.29) is 11.8 Å². The number of fused-ring (bicyclic) bond motifs is 1. The molecule has 7 nitrogen and oxygen atoms in total. The molecule has 2 amide bonds. The Morgan fingerprint density at radius 1 is 0.971 bits per heavy atom. The summed E-state index contributed by atoms with van der Waals surface area (Å²) < 4.78 is 1.88. The summed E-state index contributed by atoms with van der Waals surface area (Å²) in [6, 6.07) is 10.8. The SMILES string of the molecule is Cc1cc(-c2ccc3c(cnn3C)c2)c2cc1C1=NC(C)(C)C(=O)N1CC1CN(C1)C(=O)C21CC1. The second kappa shape index (κ2) is 6.59. The molecular weight excluding hydrogens is 438 g/mol. The van der Waals surface area contributed by atoms with E-state index in [2.05, 4.69) is 42.4 Å². The van der Waals surface area contributed by atoms with Gasteiger partial charge in [-0.15, -0.1) is 0 Å². The Morgan fingerprint density at radius 2 is 1.74 bits per heavy atom. The molecule has 1 spiro atoms. The van der Waals surface area contributed by atoms with Crippen molar-refractivity contribution in [2.45, 2.75) is 44.6 Å². The molecule has 1 saturated carbocycles. The number of amidine groups is 1. The van der Waals surface area contributed by atoms with Crippen LogP contribution in [0.3, 0.4) is 0 Å². The van der Waals surface area contributed by atoms with Gasteiger partial charge in [0.15, 0.2) is 0 Å². The minimum Gasteiger partial charge on any atom is -0.341 e. The largest absolute Gasteiger partial charge is 0.341 e. The fourth-order valence-electron chi connectivity index (χ4n) is 6.22. The smallest absolute Gasteiger partial charge is 0.255 e. The zero-order valence-electron chi connectivity index (χ0n) is 20.6. The van der Waals surface area contributed by atoms with E-state index in [0.29, 0.717) is 25.6 Å². The van der Waals surface area contributed by atoms with Crippen molar-refractivity contribution in [3.05, 3.63) is 53.2 Å². The molecule has 5 heterocycles. The van der Waals surface area contributed by atoms with Crippen LogP contribution in [0.4, 0.5) is 0 Å². The Hall–Kier alpha value is -3.48. The Labute approximate surface area is 204 Å². The summed E-state index contributed by atoms with van der Waals surface area (Å²) in [6.45, 7) is 7.92. The Kier molecular flexibility index (Phi) is 3.93. The van der Waals surface area contributed by atoms with E-state index in [9.17, 15) is 9.59 Å². The van der Waals surface area contributed by atoms with Crippen molar-refractivity contribution in [2.75, 3.05) is 19.6 Å². The van der Waals surface area contributed by atoms with Gasteiger partial charge in [0.25, 0.3) is 5.91 Å². The van der Waals surface area contributed by atoms with Gasteiger partial charge in [-0.1, -0.05) is 12.1 Å². The lowest BCUT2D eigenvalue weighted by atomic mass is 9.83. The van der Waals surface area contributed by atoms with Gasteiger partial charge in [-0.05, 0) is 74.1 Å². The monoisotopic (exact) mass is 467 g/mol. The average molecular weight is 468 g/mol. The highest BCUT2D eigenvalue weighted by Crippen LogP contribution is 2.54. The van der Waals surface area contributed by atoms with Crippen molar-refractivity contribution in [2.24, 2.45) is 18.0 Å². The first kappa shape index (κ1) is 20.9. The van der Waals surface area contributed by atoms with Crippen LogP contribution in [0.2, 0.25) is 0 Å². The van der Waals surface area contributed by atoms with Crippen LogP contribution in [0, 0.1) is 12.8 Å². The molecule has 35 heavy (non-hydrogen) atoms. The highest BCUT2D eigenvalue weighted by atomic mass is 16.2. The molecule has 3 aromatic rings. The zero-order chi connectivity index (χ0) is 24.3. The number of hydrogen-bond acceptors (Lipinski definition) is 4. The van der Waals surface area contributed by atoms with E-state index >= 15 is 0 Å². The maximum absolute atomic E-state index is 13.8. The van der Waals surface area contributed by atoms with Gasteiger partial charge in [-0.3, -0.25) is 24.2 Å². The minimum absolute atomic E-state index is 0.0460. The van der Waals surface area contributed by atoms with Crippen molar-refractivity contribution in [3.8, 4) is 11.1 Å². The molecule has 0 radical (unpaired) electrons. The van der Waals surface area contributed by atoms with Gasteiger partial charge in [-0.2, -0.15) is 5.10 Å². The van der Waals surface area contributed by atoms with Gasteiger partial charge in [0, 0.05) is 43.5 Å². The van der Waals surface area contributed by atoms with Gasteiger partial charge in [0.2, 0.25) is 5.91 Å². The summed E-state index contributed by atoms with van der Waals surface area (Å²) >= 11 is 0. The molecule has 4 bridgehead atoms. The van der Waals surface area contributed by atoms with E-state index in [1.54, 1.807) is 0 Å². The highest BCUT2D eigenvalue weighted by Gasteiger charge is 2.57. The number of amides is 2. The van der Waals surface area contributed by atoms with Crippen LogP contribution in [0.25, 0.3) is 22.0 Å². The van der Waals surface area contributed by atoms with Crippen molar-refractivity contribution < 1.29 is 9.59 Å². The summed E-state index contributed by atoms with van der Waals surface area (Å²) in [5, 5.41) is 5.48. The van der Waals surface area contributed by atoms with E-state index < -0.39 is 11.0 Å². The second-order valence-corrected chi connectivity index (χ2v) is 11.3. The summed E-state index contributed by atoms with van der Waals surface area (Å²) in [5.41, 5.74) is 5.11. The van der Waals surface area contributed by atoms with E-state index in [0.717, 1.165) is 57.4 Å². The lowest BCUT2D eigenvalue weighted by molar-refractivity contribution is -0.141. The Morgan fingerprint density at radius 3 is 2.49 bits per heavy atom. The van der Waals surface area contributed by atoms with Gasteiger partial charge in [0.05, 0.1) is 17.1 Å². The Balaban J connectivity index is 1.48. The van der Waals surface area contributed by atoms with Crippen LogP contribution in [-0.4, -0.2) is 62.4 Å². The van der Waals surface area contributed by atoms with Crippen molar-refractivity contribution in [1.82, 2.24) is 19.6 Å². The third-order valence-electron chi connectivity index (χ3n) is 8.43. The molecule has 178 valence electrons. The molecule has 4 aliphatic heterocycles. The van der Waals surface area contributed by atoms with E-state index in [4.69, 9.17) is 4.99 Å². The average Bonchev–Trinajstić information content (AvgIpc) is 3.48. The maximum atomic E-state index is 13.8. The van der Waals surface area contributed by atoms with Gasteiger partial charge in [0.1, 0.15) is 11.4 Å². The standard InChI is InChI=1S/C28H29N5O2/c1-16-9-21(18-5-6-23-19(10-18)12-29-31(23)4)22-11-20(16)24-30-27(2,3)25(34)33(24)15-17-13-32(14-17)26(35)28(22)7-8-28/h5-6,9-12,17H,7-8,13-15H2,1-4H3. The van der Waals surface area contributed by atoms with Crippen molar-refractivity contribution >= 4 is 28.6 Å². The summed E-state index contributed by atoms with van der Waals surface area (Å²) in [5.74, 6) is 1.34. The van der Waals surface area contributed by atoms with Crippen molar-refractivity contribution in [1.29, 1.82) is 0 Å². The Bertz CT molecular complexity index is 1490. The molecule has 7 heteroatoms. The molecule has 1 saturated heterocycles. The van der Waals surface area contributed by atoms with Crippen LogP contribution in [0.15, 0.2) is 41.5 Å². The molecule has 1 aliphatic carbocycles. The third kappa shape index (κ3) is 2.78. The molecule has 8 rings (SSSR count). The van der Waals surface area contributed by atoms with Crippen LogP contribution in [0.1, 0.15) is 43.4 Å². The second-order valence-electron chi connectivity index (χ2n) is 11.3. The lowest BCUT2D eigenvalue weighted by Crippen LogP contribution is -2.57. The number of nitrogens with zero attached hydrogens (tertiary/aromatic N) is 5. The quantitative estimate of drug-likeness (QED) is 0.551. The number of carbonyl (C=O) groups is 2. The molecule has 0 N–H and O–H groups in total. The first-order valence-electron chi connectivity index (χ1n) is 12.5. The van der Waals surface area contributed by atoms with Crippen molar-refractivity contribution in [3.63, 3.8) is 0 Å². The third-order valence-corrected chi connectivity index (χ3v) is 8.43. The van der Waals surface area contributed by atoms with Gasteiger partial charge >= 0.3 is 0 Å². The summed E-state index contributed by atoms with van der Waals surface area (Å²) in [6.07, 6.45) is 3.61. The highest BCUT2D eigenvalue weighted by molar-refractivity contribution is 6.16. The fraction of sp³-hybridized carbons (Fsp3) is 0.429. The number of aryl methyl sites for hydroxylation is 2. The first-order chi connectivity index (χ1) is 16.7. The fourth-order valence-corrected chi connectivity index (χ4v) is 6.22. The lowest BCUT2D eigenvalue weighted by Gasteiger charge is -2.42. The predicted octanol–water partition coefficient (Wildman–Crippen LogP) is 3.42. The first-order valence-corrected chi connectivity index (χ1v) is 12.5. The number of benzene rings is 2.